The van der Waals surface area contributed by atoms with Gasteiger partial charge in [0.05, 0.1) is 15.8 Å². The number of sulfone groups is 1. The molecule has 1 rings (SSSR count). The first kappa shape index (κ1) is 14.3. The van der Waals surface area contributed by atoms with Gasteiger partial charge in [-0.1, -0.05) is 23.2 Å². The number of rotatable bonds is 5. The van der Waals surface area contributed by atoms with Crippen molar-refractivity contribution >= 4 is 44.7 Å². The Labute approximate surface area is 110 Å². The molecule has 0 radical (unpaired) electrons. The lowest BCUT2D eigenvalue weighted by atomic mass is 10.4. The Morgan fingerprint density at radius 1 is 1.41 bits per heavy atom. The van der Waals surface area contributed by atoms with Gasteiger partial charge in [0, 0.05) is 12.8 Å². The van der Waals surface area contributed by atoms with Crippen molar-refractivity contribution in [2.75, 3.05) is 29.6 Å². The molecule has 0 fully saturated rings. The largest absolute Gasteiger partial charge is 0.382 e. The molecular formula is C9H13Cl2N3O2S. The Kier molecular flexibility index (Phi) is 4.85. The maximum Gasteiger partial charge on any atom is 0.147 e. The van der Waals surface area contributed by atoms with E-state index < -0.39 is 9.84 Å². The molecule has 0 aliphatic carbocycles. The van der Waals surface area contributed by atoms with Crippen molar-refractivity contribution in [2.45, 2.75) is 6.42 Å². The molecule has 1 aromatic heterocycles. The standard InChI is InChI=1S/C9H13Cl2N3O2S/c1-17(15,16)4-2-3-13-9-7(11)5-6(10)8(12)14-9/h5H,2-4H2,1H3,(H3,12,13,14). The minimum Gasteiger partial charge on any atom is -0.382 e. The molecule has 0 aliphatic rings. The lowest BCUT2D eigenvalue weighted by Crippen LogP contribution is -2.11. The van der Waals surface area contributed by atoms with Crippen LogP contribution in [0.2, 0.25) is 10.0 Å². The van der Waals surface area contributed by atoms with Crippen LogP contribution in [0, 0.1) is 0 Å². The number of nitrogens with zero attached hydrogens (tertiary/aromatic N) is 1. The van der Waals surface area contributed by atoms with Crippen LogP contribution in [-0.2, 0) is 9.84 Å². The van der Waals surface area contributed by atoms with E-state index in [1.165, 1.54) is 12.3 Å². The third-order valence-corrected chi connectivity index (χ3v) is 3.56. The maximum atomic E-state index is 10.9. The fraction of sp³-hybridized carbons (Fsp3) is 0.444. The smallest absolute Gasteiger partial charge is 0.147 e. The zero-order valence-corrected chi connectivity index (χ0v) is 11.5. The normalized spacial score (nSPS) is 11.5. The molecule has 5 nitrogen and oxygen atoms in total. The number of pyridine rings is 1. The van der Waals surface area contributed by atoms with Gasteiger partial charge < -0.3 is 11.1 Å². The zero-order chi connectivity index (χ0) is 13.1. The molecule has 0 bridgehead atoms. The number of hydrogen-bond donors (Lipinski definition) is 2. The molecule has 8 heteroatoms. The molecule has 0 saturated carbocycles. The minimum atomic E-state index is -2.94. The van der Waals surface area contributed by atoms with Crippen LogP contribution < -0.4 is 11.1 Å². The van der Waals surface area contributed by atoms with E-state index in [2.05, 4.69) is 10.3 Å². The average molecular weight is 298 g/mol. The maximum absolute atomic E-state index is 10.9. The highest BCUT2D eigenvalue weighted by Crippen LogP contribution is 2.27. The summed E-state index contributed by atoms with van der Waals surface area (Å²) >= 11 is 11.6. The van der Waals surface area contributed by atoms with Gasteiger partial charge in [0.25, 0.3) is 0 Å². The lowest BCUT2D eigenvalue weighted by Gasteiger charge is -2.08. The van der Waals surface area contributed by atoms with Crippen LogP contribution in [0.1, 0.15) is 6.42 Å². The summed E-state index contributed by atoms with van der Waals surface area (Å²) in [6.07, 6.45) is 1.66. The molecular weight excluding hydrogens is 285 g/mol. The van der Waals surface area contributed by atoms with Crippen LogP contribution in [0.25, 0.3) is 0 Å². The van der Waals surface area contributed by atoms with Gasteiger partial charge in [0.2, 0.25) is 0 Å². The first-order chi connectivity index (χ1) is 7.79. The van der Waals surface area contributed by atoms with Gasteiger partial charge >= 0.3 is 0 Å². The SMILES string of the molecule is CS(=O)(=O)CCCNc1nc(N)c(Cl)cc1Cl. The quantitative estimate of drug-likeness (QED) is 0.810. The molecule has 0 atom stereocenters. The average Bonchev–Trinajstić information content (AvgIpc) is 2.18. The van der Waals surface area contributed by atoms with Crippen molar-refractivity contribution in [1.82, 2.24) is 4.98 Å². The molecule has 0 unspecified atom stereocenters. The summed E-state index contributed by atoms with van der Waals surface area (Å²) < 4.78 is 21.8. The van der Waals surface area contributed by atoms with Gasteiger partial charge in [-0.05, 0) is 12.5 Å². The van der Waals surface area contributed by atoms with Crippen LogP contribution in [0.3, 0.4) is 0 Å². The Balaban J connectivity index is 2.55. The van der Waals surface area contributed by atoms with E-state index in [0.29, 0.717) is 23.8 Å². The van der Waals surface area contributed by atoms with Gasteiger partial charge in [-0.25, -0.2) is 13.4 Å². The van der Waals surface area contributed by atoms with Gasteiger partial charge in [-0.2, -0.15) is 0 Å². The van der Waals surface area contributed by atoms with Crippen LogP contribution in [0.15, 0.2) is 6.07 Å². The highest BCUT2D eigenvalue weighted by atomic mass is 35.5. The first-order valence-corrected chi connectivity index (χ1v) is 7.64. The van der Waals surface area contributed by atoms with Crippen molar-refractivity contribution in [3.8, 4) is 0 Å². The highest BCUT2D eigenvalue weighted by molar-refractivity contribution is 7.90. The van der Waals surface area contributed by atoms with Crippen molar-refractivity contribution in [3.63, 3.8) is 0 Å². The predicted octanol–water partition coefficient (Wildman–Crippen LogP) is 1.82. The van der Waals surface area contributed by atoms with E-state index in [9.17, 15) is 8.42 Å². The summed E-state index contributed by atoms with van der Waals surface area (Å²) in [5.74, 6) is 0.699. The molecule has 96 valence electrons. The molecule has 17 heavy (non-hydrogen) atoms. The van der Waals surface area contributed by atoms with Crippen molar-refractivity contribution in [3.05, 3.63) is 16.1 Å². The van der Waals surface area contributed by atoms with Gasteiger partial charge in [-0.3, -0.25) is 0 Å². The van der Waals surface area contributed by atoms with Gasteiger partial charge in [0.15, 0.2) is 0 Å². The van der Waals surface area contributed by atoms with Crippen LogP contribution >= 0.6 is 23.2 Å². The van der Waals surface area contributed by atoms with Crippen LogP contribution in [-0.4, -0.2) is 32.0 Å². The molecule has 1 heterocycles. The molecule has 1 aromatic rings. The first-order valence-electron chi connectivity index (χ1n) is 4.83. The number of nitrogen functional groups attached to an aromatic ring is 1. The van der Waals surface area contributed by atoms with E-state index in [1.54, 1.807) is 0 Å². The second-order valence-corrected chi connectivity index (χ2v) is 6.67. The van der Waals surface area contributed by atoms with E-state index in [1.807, 2.05) is 0 Å². The Morgan fingerprint density at radius 3 is 2.65 bits per heavy atom. The second kappa shape index (κ2) is 5.75. The Bertz CT molecular complexity index is 505. The molecule has 3 N–H and O–H groups in total. The summed E-state index contributed by atoms with van der Waals surface area (Å²) in [6.45, 7) is 0.445. The number of nitrogens with two attached hydrogens (primary N) is 1. The fourth-order valence-electron chi connectivity index (χ4n) is 1.15. The van der Waals surface area contributed by atoms with E-state index in [0.717, 1.165) is 0 Å². The number of halogens is 2. The van der Waals surface area contributed by atoms with E-state index in [4.69, 9.17) is 28.9 Å². The molecule has 0 aromatic carbocycles. The summed E-state index contributed by atoms with van der Waals surface area (Å²) in [6, 6.07) is 1.49. The second-order valence-electron chi connectivity index (χ2n) is 3.60. The zero-order valence-electron chi connectivity index (χ0n) is 9.20. The van der Waals surface area contributed by atoms with Gasteiger partial charge in [0.1, 0.15) is 21.5 Å². The molecule has 0 saturated heterocycles. The third-order valence-electron chi connectivity index (χ3n) is 1.94. The van der Waals surface area contributed by atoms with Crippen molar-refractivity contribution < 1.29 is 8.42 Å². The molecule has 0 spiro atoms. The predicted molar refractivity (Wildman–Crippen MR) is 71.5 cm³/mol. The monoisotopic (exact) mass is 297 g/mol. The Hall–Kier alpha value is -0.720. The Morgan fingerprint density at radius 2 is 2.06 bits per heavy atom. The third kappa shape index (κ3) is 4.97. The summed E-state index contributed by atoms with van der Waals surface area (Å²) in [5.41, 5.74) is 5.53. The van der Waals surface area contributed by atoms with Crippen LogP contribution in [0.5, 0.6) is 0 Å². The number of anilines is 2. The lowest BCUT2D eigenvalue weighted by molar-refractivity contribution is 0.600. The topological polar surface area (TPSA) is 85.1 Å². The number of hydrogen-bond acceptors (Lipinski definition) is 5. The number of aromatic nitrogens is 1. The fourth-order valence-corrected chi connectivity index (χ4v) is 2.24. The van der Waals surface area contributed by atoms with Crippen LogP contribution in [0.4, 0.5) is 11.6 Å². The van der Waals surface area contributed by atoms with Crippen molar-refractivity contribution in [2.24, 2.45) is 0 Å². The number of nitrogens with one attached hydrogen (secondary N) is 1. The van der Waals surface area contributed by atoms with Gasteiger partial charge in [-0.15, -0.1) is 0 Å². The van der Waals surface area contributed by atoms with E-state index in [-0.39, 0.29) is 16.6 Å². The summed E-state index contributed by atoms with van der Waals surface area (Å²) in [5, 5.41) is 3.55. The summed E-state index contributed by atoms with van der Waals surface area (Å²) in [4.78, 5) is 3.96. The van der Waals surface area contributed by atoms with E-state index >= 15 is 0 Å². The molecule has 0 amide bonds. The summed E-state index contributed by atoms with van der Waals surface area (Å²) in [7, 11) is -2.94. The minimum absolute atomic E-state index is 0.112. The van der Waals surface area contributed by atoms with Crippen molar-refractivity contribution in [1.29, 1.82) is 0 Å². The highest BCUT2D eigenvalue weighted by Gasteiger charge is 2.07. The molecule has 0 aliphatic heterocycles.